The van der Waals surface area contributed by atoms with Crippen LogP contribution in [0.1, 0.15) is 28.8 Å². The molecule has 24 heavy (non-hydrogen) atoms. The minimum atomic E-state index is -0.560. The molecule has 1 fully saturated rings. The first-order chi connectivity index (χ1) is 11.7. The Morgan fingerprint density at radius 2 is 1.96 bits per heavy atom. The lowest BCUT2D eigenvalue weighted by atomic mass is 10.1. The molecule has 0 amide bonds. The highest BCUT2D eigenvalue weighted by Crippen LogP contribution is 2.19. The van der Waals surface area contributed by atoms with Gasteiger partial charge >= 0.3 is 0 Å². The molecule has 6 heteroatoms. The number of rotatable bonds is 5. The van der Waals surface area contributed by atoms with Gasteiger partial charge in [-0.1, -0.05) is 0 Å². The molecule has 1 aromatic heterocycles. The molecule has 0 atom stereocenters. The number of hydrogen-bond acceptors (Lipinski definition) is 5. The molecule has 5 nitrogen and oxygen atoms in total. The summed E-state index contributed by atoms with van der Waals surface area (Å²) in [6.45, 7) is 1.97. The minimum absolute atomic E-state index is 0.112. The maximum absolute atomic E-state index is 13.6. The molecule has 2 aromatic rings. The number of halogens is 1. The van der Waals surface area contributed by atoms with E-state index >= 15 is 0 Å². The fourth-order valence-corrected chi connectivity index (χ4v) is 2.59. The van der Waals surface area contributed by atoms with Crippen LogP contribution in [0.25, 0.3) is 6.08 Å². The monoisotopic (exact) mass is 327 g/mol. The highest BCUT2D eigenvalue weighted by atomic mass is 19.1. The Labute approximate surface area is 139 Å². The zero-order chi connectivity index (χ0) is 16.9. The third kappa shape index (κ3) is 3.59. The van der Waals surface area contributed by atoms with Crippen molar-refractivity contribution in [2.75, 3.05) is 25.1 Å². The molecule has 1 aromatic carbocycles. The summed E-state index contributed by atoms with van der Waals surface area (Å²) >= 11 is 0. The van der Waals surface area contributed by atoms with E-state index in [2.05, 4.69) is 14.9 Å². The van der Waals surface area contributed by atoms with Crippen molar-refractivity contribution in [1.82, 2.24) is 9.97 Å². The van der Waals surface area contributed by atoms with E-state index < -0.39 is 5.82 Å². The quantitative estimate of drug-likeness (QED) is 0.624. The molecule has 124 valence electrons. The van der Waals surface area contributed by atoms with E-state index in [1.807, 2.05) is 0 Å². The molecule has 0 unspecified atom stereocenters. The lowest BCUT2D eigenvalue weighted by Gasteiger charge is -2.14. The summed E-state index contributed by atoms with van der Waals surface area (Å²) in [5, 5.41) is 0. The maximum Gasteiger partial charge on any atom is 0.225 e. The maximum atomic E-state index is 13.6. The summed E-state index contributed by atoms with van der Waals surface area (Å²) in [5.74, 6) is -0.0233. The van der Waals surface area contributed by atoms with Crippen LogP contribution in [-0.4, -0.2) is 36.0 Å². The number of methoxy groups -OCH3 is 1. The molecule has 0 saturated carbocycles. The Morgan fingerprint density at radius 1 is 1.25 bits per heavy atom. The Hall–Kier alpha value is -2.76. The number of allylic oxidation sites excluding steroid dienone is 1. The standard InChI is InChI=1S/C18H18FN3O2/c1-24-17-7-5-14(10-15(17)19)16(23)6-4-13-11-20-18(21-12-13)22-8-2-3-9-22/h4-7,10-12H,2-3,8-9H2,1H3/b6-4-. The molecule has 0 bridgehead atoms. The smallest absolute Gasteiger partial charge is 0.225 e. The van der Waals surface area contributed by atoms with Crippen LogP contribution >= 0.6 is 0 Å². The van der Waals surface area contributed by atoms with Gasteiger partial charge in [-0.05, 0) is 43.2 Å². The van der Waals surface area contributed by atoms with Gasteiger partial charge in [-0.15, -0.1) is 0 Å². The molecule has 0 spiro atoms. The molecule has 2 heterocycles. The molecule has 1 aliphatic rings. The first-order valence-corrected chi connectivity index (χ1v) is 7.80. The predicted molar refractivity (Wildman–Crippen MR) is 89.8 cm³/mol. The first kappa shape index (κ1) is 16.1. The van der Waals surface area contributed by atoms with Gasteiger partial charge in [0.15, 0.2) is 17.3 Å². The van der Waals surface area contributed by atoms with Gasteiger partial charge in [0.2, 0.25) is 5.95 Å². The summed E-state index contributed by atoms with van der Waals surface area (Å²) < 4.78 is 18.5. The lowest BCUT2D eigenvalue weighted by molar-refractivity contribution is 0.104. The number of ether oxygens (including phenoxy) is 1. The SMILES string of the molecule is COc1ccc(C(=O)/C=C\c2cnc(N3CCCC3)nc2)cc1F. The number of aromatic nitrogens is 2. The number of ketones is 1. The van der Waals surface area contributed by atoms with Gasteiger partial charge in [0, 0.05) is 36.6 Å². The first-order valence-electron chi connectivity index (χ1n) is 7.80. The number of carbonyl (C=O) groups excluding carboxylic acids is 1. The van der Waals surface area contributed by atoms with Crippen molar-refractivity contribution in [2.45, 2.75) is 12.8 Å². The van der Waals surface area contributed by atoms with Gasteiger partial charge < -0.3 is 9.64 Å². The van der Waals surface area contributed by atoms with Gasteiger partial charge in [-0.25, -0.2) is 14.4 Å². The van der Waals surface area contributed by atoms with Crippen molar-refractivity contribution >= 4 is 17.8 Å². The molecular formula is C18H18FN3O2. The van der Waals surface area contributed by atoms with Crippen molar-refractivity contribution in [2.24, 2.45) is 0 Å². The van der Waals surface area contributed by atoms with E-state index in [0.717, 1.165) is 31.5 Å². The Kier molecular flexibility index (Phi) is 4.84. The molecule has 1 aliphatic heterocycles. The van der Waals surface area contributed by atoms with E-state index in [-0.39, 0.29) is 17.1 Å². The Balaban J connectivity index is 1.68. The fraction of sp³-hybridized carbons (Fsp3) is 0.278. The van der Waals surface area contributed by atoms with Crippen molar-refractivity contribution in [3.05, 3.63) is 53.6 Å². The highest BCUT2D eigenvalue weighted by Gasteiger charge is 2.14. The third-order valence-electron chi connectivity index (χ3n) is 3.91. The number of hydrogen-bond donors (Lipinski definition) is 0. The van der Waals surface area contributed by atoms with Gasteiger partial charge in [-0.2, -0.15) is 0 Å². The van der Waals surface area contributed by atoms with Gasteiger partial charge in [0.1, 0.15) is 0 Å². The molecule has 3 rings (SSSR count). The summed E-state index contributed by atoms with van der Waals surface area (Å²) in [4.78, 5) is 22.9. The summed E-state index contributed by atoms with van der Waals surface area (Å²) in [7, 11) is 1.38. The number of benzene rings is 1. The van der Waals surface area contributed by atoms with Crippen molar-refractivity contribution < 1.29 is 13.9 Å². The average molecular weight is 327 g/mol. The summed E-state index contributed by atoms with van der Waals surface area (Å²) in [5.41, 5.74) is 0.986. The number of carbonyl (C=O) groups is 1. The Morgan fingerprint density at radius 3 is 2.58 bits per heavy atom. The summed E-state index contributed by atoms with van der Waals surface area (Å²) in [6.07, 6.45) is 8.70. The largest absolute Gasteiger partial charge is 0.494 e. The highest BCUT2D eigenvalue weighted by molar-refractivity contribution is 6.06. The molecule has 1 saturated heterocycles. The zero-order valence-electron chi connectivity index (χ0n) is 13.4. The van der Waals surface area contributed by atoms with Gasteiger partial charge in [-0.3, -0.25) is 4.79 Å². The zero-order valence-corrected chi connectivity index (χ0v) is 13.4. The Bertz CT molecular complexity index is 753. The lowest BCUT2D eigenvalue weighted by Crippen LogP contribution is -2.20. The van der Waals surface area contributed by atoms with E-state index in [4.69, 9.17) is 4.74 Å². The molecule has 0 aliphatic carbocycles. The molecule has 0 N–H and O–H groups in total. The third-order valence-corrected chi connectivity index (χ3v) is 3.91. The summed E-state index contributed by atoms with van der Waals surface area (Å²) in [6, 6.07) is 4.13. The number of anilines is 1. The molecule has 0 radical (unpaired) electrons. The topological polar surface area (TPSA) is 55.3 Å². The van der Waals surface area contributed by atoms with Crippen LogP contribution in [0.5, 0.6) is 5.75 Å². The van der Waals surface area contributed by atoms with Crippen molar-refractivity contribution in [3.8, 4) is 5.75 Å². The van der Waals surface area contributed by atoms with Crippen LogP contribution in [-0.2, 0) is 0 Å². The minimum Gasteiger partial charge on any atom is -0.494 e. The second kappa shape index (κ2) is 7.21. The van der Waals surface area contributed by atoms with Crippen LogP contribution in [0.3, 0.4) is 0 Å². The van der Waals surface area contributed by atoms with E-state index in [1.54, 1.807) is 18.5 Å². The predicted octanol–water partition coefficient (Wildman–Crippen LogP) is 3.12. The van der Waals surface area contributed by atoms with Crippen molar-refractivity contribution in [1.29, 1.82) is 0 Å². The van der Waals surface area contributed by atoms with Crippen molar-refractivity contribution in [3.63, 3.8) is 0 Å². The number of nitrogens with zero attached hydrogens (tertiary/aromatic N) is 3. The second-order valence-electron chi connectivity index (χ2n) is 5.56. The van der Waals surface area contributed by atoms with Gasteiger partial charge in [0.05, 0.1) is 7.11 Å². The van der Waals surface area contributed by atoms with Crippen LogP contribution in [0.4, 0.5) is 10.3 Å². The fourth-order valence-electron chi connectivity index (χ4n) is 2.59. The van der Waals surface area contributed by atoms with Crippen LogP contribution in [0.15, 0.2) is 36.7 Å². The van der Waals surface area contributed by atoms with Gasteiger partial charge in [0.25, 0.3) is 0 Å². The van der Waals surface area contributed by atoms with Crippen LogP contribution < -0.4 is 9.64 Å². The van der Waals surface area contributed by atoms with Crippen LogP contribution in [0.2, 0.25) is 0 Å². The van der Waals surface area contributed by atoms with E-state index in [1.165, 1.54) is 31.4 Å². The van der Waals surface area contributed by atoms with Crippen LogP contribution in [0, 0.1) is 5.82 Å². The molecular weight excluding hydrogens is 309 g/mol. The normalized spacial score (nSPS) is 14.3. The van der Waals surface area contributed by atoms with E-state index in [0.29, 0.717) is 5.95 Å². The van der Waals surface area contributed by atoms with E-state index in [9.17, 15) is 9.18 Å². The average Bonchev–Trinajstić information content (AvgIpc) is 3.14. The second-order valence-corrected chi connectivity index (χ2v) is 5.56.